The summed E-state index contributed by atoms with van der Waals surface area (Å²) in [5, 5.41) is 0. The normalized spacial score (nSPS) is 16.2. The van der Waals surface area contributed by atoms with Crippen molar-refractivity contribution in [3.63, 3.8) is 0 Å². The lowest BCUT2D eigenvalue weighted by atomic mass is 10.1. The van der Waals surface area contributed by atoms with E-state index in [1.807, 2.05) is 13.0 Å². The molecular weight excluding hydrogens is 453 g/mol. The van der Waals surface area contributed by atoms with Crippen LogP contribution in [-0.4, -0.2) is 29.8 Å². The Kier molecular flexibility index (Phi) is 8.39. The number of carbonyl (C=O) groups is 2. The van der Waals surface area contributed by atoms with Crippen molar-refractivity contribution in [1.29, 1.82) is 0 Å². The molecule has 1 aliphatic heterocycles. The number of anilines is 1. The van der Waals surface area contributed by atoms with Gasteiger partial charge < -0.3 is 15.4 Å². The van der Waals surface area contributed by atoms with Gasteiger partial charge in [-0.1, -0.05) is 25.1 Å². The second-order valence-electron chi connectivity index (χ2n) is 6.89. The molecule has 0 aliphatic carbocycles. The van der Waals surface area contributed by atoms with Gasteiger partial charge >= 0.3 is 6.36 Å². The van der Waals surface area contributed by atoms with Crippen LogP contribution in [0.5, 0.6) is 5.75 Å². The predicted octanol–water partition coefficient (Wildman–Crippen LogP) is 4.96. The number of halogens is 4. The maximum Gasteiger partial charge on any atom is 0.573 e. The van der Waals surface area contributed by atoms with Crippen LogP contribution in [0.1, 0.15) is 35.7 Å². The van der Waals surface area contributed by atoms with Crippen molar-refractivity contribution in [2.45, 2.75) is 43.6 Å². The number of nitrogens with two attached hydrogens (primary N) is 1. The highest BCUT2D eigenvalue weighted by molar-refractivity contribution is 7.99. The summed E-state index contributed by atoms with van der Waals surface area (Å²) >= 11 is 1.43. The minimum Gasteiger partial charge on any atom is -0.406 e. The van der Waals surface area contributed by atoms with Gasteiger partial charge in [0.25, 0.3) is 0 Å². The lowest BCUT2D eigenvalue weighted by Crippen LogP contribution is -2.44. The van der Waals surface area contributed by atoms with Crippen molar-refractivity contribution in [3.05, 3.63) is 53.6 Å². The fourth-order valence-corrected chi connectivity index (χ4v) is 4.09. The fourth-order valence-electron chi connectivity index (χ4n) is 3.11. The summed E-state index contributed by atoms with van der Waals surface area (Å²) in [4.78, 5) is 27.6. The largest absolute Gasteiger partial charge is 0.573 e. The van der Waals surface area contributed by atoms with Gasteiger partial charge in [-0.05, 0) is 36.2 Å². The van der Waals surface area contributed by atoms with Crippen LogP contribution in [0.2, 0.25) is 0 Å². The third kappa shape index (κ3) is 6.38. The van der Waals surface area contributed by atoms with E-state index in [0.29, 0.717) is 35.4 Å². The molecule has 0 fully saturated rings. The molecule has 1 heterocycles. The number of Topliss-reactive ketones (excluding diaryl/α,β-unsaturated/α-hetero) is 1. The van der Waals surface area contributed by atoms with Crippen LogP contribution in [0.4, 0.5) is 18.9 Å². The molecule has 0 spiro atoms. The van der Waals surface area contributed by atoms with E-state index in [1.54, 1.807) is 12.1 Å². The second kappa shape index (κ2) is 10.4. The monoisotopic (exact) mass is 474 g/mol. The third-order valence-electron chi connectivity index (χ3n) is 4.55. The lowest BCUT2D eigenvalue weighted by molar-refractivity contribution is -0.274. The number of nitrogens with zero attached hydrogens (tertiary/aromatic N) is 1. The van der Waals surface area contributed by atoms with Crippen molar-refractivity contribution >= 4 is 41.5 Å². The van der Waals surface area contributed by atoms with E-state index < -0.39 is 12.4 Å². The molecule has 0 bridgehead atoms. The van der Waals surface area contributed by atoms with Crippen LogP contribution in [0.15, 0.2) is 47.4 Å². The van der Waals surface area contributed by atoms with Crippen LogP contribution in [0.25, 0.3) is 0 Å². The summed E-state index contributed by atoms with van der Waals surface area (Å²) in [6.45, 7) is 2.02. The molecular formula is C21H22ClF3N2O3S. The quantitative estimate of drug-likeness (QED) is 0.599. The summed E-state index contributed by atoms with van der Waals surface area (Å²) in [5.41, 5.74) is 7.71. The molecule has 10 heteroatoms. The molecule has 0 unspecified atom stereocenters. The Morgan fingerprint density at radius 3 is 2.52 bits per heavy atom. The standard InChI is InChI=1S/C21H21F3N2O3S.ClH/c1-2-3-18(27)14-6-9-19-17(10-14)26(20(28)16(25)12-30-19)11-13-4-7-15(8-5-13)29-21(22,23)24;/h4-10,16H,2-3,11-12,25H2,1H3;1H/t16-;/m0./s1. The smallest absolute Gasteiger partial charge is 0.406 e. The molecule has 2 aromatic rings. The van der Waals surface area contributed by atoms with Gasteiger partial charge in [-0.2, -0.15) is 0 Å². The first-order valence-corrected chi connectivity index (χ1v) is 10.4. The van der Waals surface area contributed by atoms with Gasteiger partial charge in [-0.15, -0.1) is 37.3 Å². The highest BCUT2D eigenvalue weighted by Gasteiger charge is 2.31. The van der Waals surface area contributed by atoms with Gasteiger partial charge in [0.1, 0.15) is 5.75 Å². The zero-order valence-electron chi connectivity index (χ0n) is 16.6. The summed E-state index contributed by atoms with van der Waals surface area (Å²) in [5.74, 6) is -0.270. The zero-order valence-corrected chi connectivity index (χ0v) is 18.3. The average Bonchev–Trinajstić information content (AvgIpc) is 2.80. The van der Waals surface area contributed by atoms with Crippen LogP contribution in [-0.2, 0) is 11.3 Å². The number of alkyl halides is 3. The summed E-state index contributed by atoms with van der Waals surface area (Å²) in [6, 6.07) is 9.83. The molecule has 1 aliphatic rings. The number of fused-ring (bicyclic) bond motifs is 1. The van der Waals surface area contributed by atoms with Crippen molar-refractivity contribution in [1.82, 2.24) is 0 Å². The van der Waals surface area contributed by atoms with E-state index in [1.165, 1.54) is 40.9 Å². The number of thioether (sulfide) groups is 1. The van der Waals surface area contributed by atoms with E-state index in [2.05, 4.69) is 4.74 Å². The van der Waals surface area contributed by atoms with E-state index in [0.717, 1.165) is 4.90 Å². The van der Waals surface area contributed by atoms with Crippen molar-refractivity contribution in [3.8, 4) is 5.75 Å². The van der Waals surface area contributed by atoms with Gasteiger partial charge in [0, 0.05) is 22.6 Å². The Morgan fingerprint density at radius 1 is 1.23 bits per heavy atom. The maximum absolute atomic E-state index is 12.9. The number of ether oxygens (including phenoxy) is 1. The minimum atomic E-state index is -4.77. The van der Waals surface area contributed by atoms with Gasteiger partial charge in [0.2, 0.25) is 5.91 Å². The molecule has 0 saturated carbocycles. The summed E-state index contributed by atoms with van der Waals surface area (Å²) in [7, 11) is 0. The van der Waals surface area contributed by atoms with E-state index in [-0.39, 0.29) is 36.4 Å². The van der Waals surface area contributed by atoms with E-state index >= 15 is 0 Å². The Bertz CT molecular complexity index is 938. The summed E-state index contributed by atoms with van der Waals surface area (Å²) in [6.07, 6.45) is -3.66. The molecule has 2 aromatic carbocycles. The van der Waals surface area contributed by atoms with Gasteiger partial charge in [-0.25, -0.2) is 0 Å². The minimum absolute atomic E-state index is 0. The van der Waals surface area contributed by atoms with Crippen molar-refractivity contribution in [2.24, 2.45) is 5.73 Å². The van der Waals surface area contributed by atoms with Crippen LogP contribution >= 0.6 is 24.2 Å². The van der Waals surface area contributed by atoms with Crippen LogP contribution in [0.3, 0.4) is 0 Å². The van der Waals surface area contributed by atoms with E-state index in [9.17, 15) is 22.8 Å². The second-order valence-corrected chi connectivity index (χ2v) is 7.95. The number of amides is 1. The fraction of sp³-hybridized carbons (Fsp3) is 0.333. The molecule has 3 rings (SSSR count). The molecule has 5 nitrogen and oxygen atoms in total. The predicted molar refractivity (Wildman–Crippen MR) is 116 cm³/mol. The summed E-state index contributed by atoms with van der Waals surface area (Å²) < 4.78 is 41.0. The molecule has 0 aromatic heterocycles. The highest BCUT2D eigenvalue weighted by atomic mass is 35.5. The molecule has 1 amide bonds. The topological polar surface area (TPSA) is 72.6 Å². The maximum atomic E-state index is 12.9. The lowest BCUT2D eigenvalue weighted by Gasteiger charge is -2.25. The number of rotatable bonds is 6. The van der Waals surface area contributed by atoms with Crippen molar-refractivity contribution in [2.75, 3.05) is 10.7 Å². The first kappa shape index (κ1) is 25.0. The van der Waals surface area contributed by atoms with Crippen LogP contribution < -0.4 is 15.4 Å². The third-order valence-corrected chi connectivity index (χ3v) is 5.73. The molecule has 1 atom stereocenters. The SMILES string of the molecule is CCCC(=O)c1ccc2c(c1)N(Cc1ccc(OC(F)(F)F)cc1)C(=O)[C@@H](N)CS2.Cl. The Hall–Kier alpha value is -2.23. The molecule has 168 valence electrons. The Balaban J connectivity index is 0.00000341. The first-order valence-electron chi connectivity index (χ1n) is 9.39. The highest BCUT2D eigenvalue weighted by Crippen LogP contribution is 2.36. The number of hydrogen-bond donors (Lipinski definition) is 1. The van der Waals surface area contributed by atoms with Crippen molar-refractivity contribution < 1.29 is 27.5 Å². The molecule has 2 N–H and O–H groups in total. The number of benzene rings is 2. The van der Waals surface area contributed by atoms with Gasteiger partial charge in [0.05, 0.1) is 18.3 Å². The number of ketones is 1. The van der Waals surface area contributed by atoms with E-state index in [4.69, 9.17) is 5.73 Å². The molecule has 0 saturated heterocycles. The van der Waals surface area contributed by atoms with Gasteiger partial charge in [0.15, 0.2) is 5.78 Å². The van der Waals surface area contributed by atoms with Crippen LogP contribution in [0, 0.1) is 0 Å². The molecule has 0 radical (unpaired) electrons. The first-order chi connectivity index (χ1) is 14.2. The average molecular weight is 475 g/mol. The molecule has 31 heavy (non-hydrogen) atoms. The zero-order chi connectivity index (χ0) is 21.9. The number of carbonyl (C=O) groups excluding carboxylic acids is 2. The van der Waals surface area contributed by atoms with Gasteiger partial charge in [-0.3, -0.25) is 9.59 Å². The Labute approximate surface area is 188 Å². The Morgan fingerprint density at radius 2 is 1.90 bits per heavy atom. The number of hydrogen-bond acceptors (Lipinski definition) is 5.